The Morgan fingerprint density at radius 1 is 0.919 bits per heavy atom. The minimum atomic E-state index is -4.63. The summed E-state index contributed by atoms with van der Waals surface area (Å²) in [6.07, 6.45) is -4.81. The molecule has 0 aliphatic carbocycles. The zero-order valence-corrected chi connectivity index (χ0v) is 20.9. The van der Waals surface area contributed by atoms with Gasteiger partial charge in [0.1, 0.15) is 5.82 Å². The van der Waals surface area contributed by atoms with Gasteiger partial charge < -0.3 is 5.11 Å². The van der Waals surface area contributed by atoms with Gasteiger partial charge in [-0.2, -0.15) is 13.2 Å². The lowest BCUT2D eigenvalue weighted by molar-refractivity contribution is -0.137. The molecule has 0 bridgehead atoms. The SMILES string of the molecule is CC(C)(C)c1cccc(S(=O)(=O)n2c(Cc3ccc(C(=O)O)c(F)c3)cc3cc(C(F)(F)F)ccc32)c1. The van der Waals surface area contributed by atoms with Crippen molar-refractivity contribution < 1.29 is 35.9 Å². The van der Waals surface area contributed by atoms with Crippen molar-refractivity contribution >= 4 is 26.9 Å². The van der Waals surface area contributed by atoms with E-state index in [1.54, 1.807) is 12.1 Å². The van der Waals surface area contributed by atoms with Gasteiger partial charge in [0.15, 0.2) is 0 Å². The molecule has 3 aromatic carbocycles. The summed E-state index contributed by atoms with van der Waals surface area (Å²) in [4.78, 5) is 11.1. The number of hydrogen-bond donors (Lipinski definition) is 1. The van der Waals surface area contributed by atoms with Crippen molar-refractivity contribution in [3.63, 3.8) is 0 Å². The van der Waals surface area contributed by atoms with E-state index >= 15 is 0 Å². The van der Waals surface area contributed by atoms with Gasteiger partial charge in [-0.3, -0.25) is 0 Å². The van der Waals surface area contributed by atoms with Crippen molar-refractivity contribution in [2.45, 2.75) is 43.7 Å². The first-order chi connectivity index (χ1) is 17.1. The Balaban J connectivity index is 1.93. The average molecular weight is 534 g/mol. The third kappa shape index (κ3) is 5.11. The highest BCUT2D eigenvalue weighted by molar-refractivity contribution is 7.90. The predicted molar refractivity (Wildman–Crippen MR) is 131 cm³/mol. The molecule has 37 heavy (non-hydrogen) atoms. The second-order valence-corrected chi connectivity index (χ2v) is 11.5. The van der Waals surface area contributed by atoms with Gasteiger partial charge in [0, 0.05) is 17.5 Å². The zero-order chi connectivity index (χ0) is 27.3. The van der Waals surface area contributed by atoms with Crippen molar-refractivity contribution in [1.82, 2.24) is 3.97 Å². The van der Waals surface area contributed by atoms with Crippen LogP contribution >= 0.6 is 0 Å². The lowest BCUT2D eigenvalue weighted by atomic mass is 9.87. The van der Waals surface area contributed by atoms with Crippen LogP contribution in [0.2, 0.25) is 0 Å². The Hall–Kier alpha value is -3.66. The van der Waals surface area contributed by atoms with Crippen molar-refractivity contribution in [3.05, 3.63) is 100 Å². The topological polar surface area (TPSA) is 76.4 Å². The highest BCUT2D eigenvalue weighted by Gasteiger charge is 2.32. The molecule has 0 aliphatic heterocycles. The molecule has 10 heteroatoms. The van der Waals surface area contributed by atoms with Crippen molar-refractivity contribution in [3.8, 4) is 0 Å². The first-order valence-corrected chi connectivity index (χ1v) is 12.6. The molecule has 1 heterocycles. The molecule has 0 unspecified atom stereocenters. The van der Waals surface area contributed by atoms with E-state index in [0.717, 1.165) is 39.9 Å². The fourth-order valence-electron chi connectivity index (χ4n) is 4.11. The zero-order valence-electron chi connectivity index (χ0n) is 20.1. The molecule has 0 amide bonds. The van der Waals surface area contributed by atoms with E-state index in [0.29, 0.717) is 0 Å². The Labute approximate surface area is 211 Å². The maximum absolute atomic E-state index is 14.3. The van der Waals surface area contributed by atoms with E-state index in [1.807, 2.05) is 20.8 Å². The molecule has 0 atom stereocenters. The van der Waals surface area contributed by atoms with Crippen LogP contribution in [0, 0.1) is 5.82 Å². The molecule has 5 nitrogen and oxygen atoms in total. The number of aromatic nitrogens is 1. The number of fused-ring (bicyclic) bond motifs is 1. The summed E-state index contributed by atoms with van der Waals surface area (Å²) in [5.74, 6) is -2.47. The molecule has 4 rings (SSSR count). The molecule has 0 aliphatic rings. The van der Waals surface area contributed by atoms with E-state index in [4.69, 9.17) is 5.11 Å². The summed E-state index contributed by atoms with van der Waals surface area (Å²) in [5.41, 5.74) is -0.723. The van der Waals surface area contributed by atoms with Crippen LogP contribution in [0.25, 0.3) is 10.9 Å². The highest BCUT2D eigenvalue weighted by Crippen LogP contribution is 2.35. The first kappa shape index (κ1) is 26.4. The quantitative estimate of drug-likeness (QED) is 0.293. The lowest BCUT2D eigenvalue weighted by Crippen LogP contribution is -2.18. The molecular formula is C27H23F4NO4S. The molecule has 0 saturated carbocycles. The number of hydrogen-bond acceptors (Lipinski definition) is 3. The smallest absolute Gasteiger partial charge is 0.416 e. The van der Waals surface area contributed by atoms with Crippen LogP contribution in [0.4, 0.5) is 17.6 Å². The average Bonchev–Trinajstić information content (AvgIpc) is 3.15. The minimum absolute atomic E-state index is 0.0341. The standard InChI is InChI=1S/C27H23F4NO4S/c1-26(2,3)18-5-4-6-21(15-18)37(35,36)32-20(11-16-7-9-22(25(33)34)23(28)12-16)14-17-13-19(27(29,30)31)8-10-24(17)32/h4-10,12-15H,11H2,1-3H3,(H,33,34). The summed E-state index contributed by atoms with van der Waals surface area (Å²) >= 11 is 0. The van der Waals surface area contributed by atoms with Crippen LogP contribution in [-0.4, -0.2) is 23.5 Å². The van der Waals surface area contributed by atoms with E-state index in [1.165, 1.54) is 24.3 Å². The van der Waals surface area contributed by atoms with E-state index in [9.17, 15) is 30.8 Å². The Morgan fingerprint density at radius 2 is 1.62 bits per heavy atom. The molecular weight excluding hydrogens is 510 g/mol. The number of carboxylic acids is 1. The molecule has 0 saturated heterocycles. The van der Waals surface area contributed by atoms with Crippen LogP contribution in [0.5, 0.6) is 0 Å². The number of carbonyl (C=O) groups is 1. The molecule has 0 spiro atoms. The minimum Gasteiger partial charge on any atom is -0.478 e. The van der Waals surface area contributed by atoms with Gasteiger partial charge in [0.05, 0.1) is 21.5 Å². The summed E-state index contributed by atoms with van der Waals surface area (Å²) in [7, 11) is -4.29. The summed E-state index contributed by atoms with van der Waals surface area (Å²) in [6.45, 7) is 5.76. The third-order valence-corrected chi connectivity index (χ3v) is 7.81. The summed E-state index contributed by atoms with van der Waals surface area (Å²) in [5, 5.41) is 9.12. The van der Waals surface area contributed by atoms with Gasteiger partial charge in [-0.25, -0.2) is 21.6 Å². The maximum Gasteiger partial charge on any atom is 0.416 e. The first-order valence-electron chi connectivity index (χ1n) is 11.2. The Kier molecular flexibility index (Phi) is 6.44. The van der Waals surface area contributed by atoms with Gasteiger partial charge in [-0.1, -0.05) is 39.0 Å². The van der Waals surface area contributed by atoms with E-state index in [-0.39, 0.29) is 38.9 Å². The monoisotopic (exact) mass is 533 g/mol. The van der Waals surface area contributed by atoms with Crippen LogP contribution in [0.1, 0.15) is 53.5 Å². The lowest BCUT2D eigenvalue weighted by Gasteiger charge is -2.20. The highest BCUT2D eigenvalue weighted by atomic mass is 32.2. The van der Waals surface area contributed by atoms with Crippen LogP contribution in [0.3, 0.4) is 0 Å². The molecule has 0 fully saturated rings. The number of nitrogens with zero attached hydrogens (tertiary/aromatic N) is 1. The Morgan fingerprint density at radius 3 is 2.22 bits per heavy atom. The summed E-state index contributed by atoms with van der Waals surface area (Å²) < 4.78 is 83.1. The third-order valence-electron chi connectivity index (χ3n) is 6.04. The Bertz CT molecular complexity index is 1630. The summed E-state index contributed by atoms with van der Waals surface area (Å²) in [6, 6.07) is 13.8. The number of benzene rings is 3. The van der Waals surface area contributed by atoms with Crippen molar-refractivity contribution in [2.24, 2.45) is 0 Å². The van der Waals surface area contributed by atoms with E-state index < -0.39 is 39.1 Å². The second kappa shape index (κ2) is 9.02. The second-order valence-electron chi connectivity index (χ2n) is 9.75. The maximum atomic E-state index is 14.3. The van der Waals surface area contributed by atoms with Crippen LogP contribution in [-0.2, 0) is 28.0 Å². The van der Waals surface area contributed by atoms with Crippen LogP contribution < -0.4 is 0 Å². The predicted octanol–water partition coefficient (Wildman–Crippen LogP) is 6.62. The van der Waals surface area contributed by atoms with Gasteiger partial charge in [0.25, 0.3) is 10.0 Å². The normalized spacial score (nSPS) is 12.7. The van der Waals surface area contributed by atoms with E-state index in [2.05, 4.69) is 0 Å². The number of halogens is 4. The number of carboxylic acid groups (broad SMARTS) is 1. The number of alkyl halides is 3. The fourth-order valence-corrected chi connectivity index (χ4v) is 5.70. The van der Waals surface area contributed by atoms with Crippen LogP contribution in [0.15, 0.2) is 71.6 Å². The van der Waals surface area contributed by atoms with Gasteiger partial charge >= 0.3 is 12.1 Å². The number of rotatable bonds is 5. The largest absolute Gasteiger partial charge is 0.478 e. The van der Waals surface area contributed by atoms with Gasteiger partial charge in [0.2, 0.25) is 0 Å². The molecule has 4 aromatic rings. The van der Waals surface area contributed by atoms with Gasteiger partial charge in [-0.15, -0.1) is 0 Å². The van der Waals surface area contributed by atoms with Crippen molar-refractivity contribution in [2.75, 3.05) is 0 Å². The fraction of sp³-hybridized carbons (Fsp3) is 0.222. The molecule has 0 radical (unpaired) electrons. The molecule has 1 N–H and O–H groups in total. The van der Waals surface area contributed by atoms with Crippen molar-refractivity contribution in [1.29, 1.82) is 0 Å². The number of aromatic carboxylic acids is 1. The molecule has 1 aromatic heterocycles. The van der Waals surface area contributed by atoms with Gasteiger partial charge in [-0.05, 0) is 65.1 Å². The molecule has 194 valence electrons.